The number of hydrogen-bond acceptors (Lipinski definition) is 4. The molecule has 0 atom stereocenters. The Balaban J connectivity index is 2.80. The standard InChI is InChI=1S/C11H14Cl2N2O2S2/c1-2-4-18-5-3-15-19(16,17)11-9(13)6-8(12)7-10(11)14/h2,6-7,15H,1,3-5,14H2. The zero-order chi connectivity index (χ0) is 14.5. The van der Waals surface area contributed by atoms with E-state index >= 15 is 0 Å². The molecule has 0 bridgehead atoms. The molecule has 106 valence electrons. The summed E-state index contributed by atoms with van der Waals surface area (Å²) in [4.78, 5) is -0.132. The van der Waals surface area contributed by atoms with Crippen LogP contribution < -0.4 is 10.5 Å². The fraction of sp³-hybridized carbons (Fsp3) is 0.273. The molecule has 0 heterocycles. The third-order valence-corrected chi connectivity index (χ3v) is 5.25. The maximum Gasteiger partial charge on any atom is 0.244 e. The number of thioether (sulfide) groups is 1. The van der Waals surface area contributed by atoms with Crippen molar-refractivity contribution in [2.24, 2.45) is 0 Å². The summed E-state index contributed by atoms with van der Waals surface area (Å²) in [6.07, 6.45) is 1.76. The predicted octanol–water partition coefficient (Wildman–Crippen LogP) is 2.77. The number of sulfonamides is 1. The molecule has 0 aliphatic carbocycles. The van der Waals surface area contributed by atoms with Crippen LogP contribution in [0.25, 0.3) is 0 Å². The van der Waals surface area contributed by atoms with Gasteiger partial charge in [0.25, 0.3) is 0 Å². The minimum absolute atomic E-state index is 0.0104. The highest BCUT2D eigenvalue weighted by Gasteiger charge is 2.21. The van der Waals surface area contributed by atoms with Gasteiger partial charge in [-0.2, -0.15) is 11.8 Å². The lowest BCUT2D eigenvalue weighted by atomic mass is 10.3. The van der Waals surface area contributed by atoms with E-state index in [1.807, 2.05) is 0 Å². The molecule has 4 nitrogen and oxygen atoms in total. The molecule has 8 heteroatoms. The zero-order valence-electron chi connectivity index (χ0n) is 10.0. The van der Waals surface area contributed by atoms with Gasteiger partial charge >= 0.3 is 0 Å². The Kier molecular flexibility index (Phi) is 6.49. The first-order valence-corrected chi connectivity index (χ1v) is 8.70. The molecule has 0 amide bonds. The molecule has 1 rings (SSSR count). The lowest BCUT2D eigenvalue weighted by molar-refractivity contribution is 0.584. The van der Waals surface area contributed by atoms with Gasteiger partial charge in [0.05, 0.1) is 10.7 Å². The monoisotopic (exact) mass is 340 g/mol. The van der Waals surface area contributed by atoms with E-state index in [0.717, 1.165) is 5.75 Å². The first-order chi connectivity index (χ1) is 8.88. The number of anilines is 1. The maximum absolute atomic E-state index is 12.1. The van der Waals surface area contributed by atoms with Crippen LogP contribution in [-0.4, -0.2) is 26.5 Å². The van der Waals surface area contributed by atoms with Gasteiger partial charge < -0.3 is 5.73 Å². The Morgan fingerprint density at radius 1 is 1.42 bits per heavy atom. The predicted molar refractivity (Wildman–Crippen MR) is 83.6 cm³/mol. The number of nitrogens with two attached hydrogens (primary N) is 1. The number of benzene rings is 1. The topological polar surface area (TPSA) is 72.2 Å². The number of halogens is 2. The highest BCUT2D eigenvalue weighted by Crippen LogP contribution is 2.30. The molecule has 1 aromatic rings. The van der Waals surface area contributed by atoms with E-state index in [9.17, 15) is 8.42 Å². The van der Waals surface area contributed by atoms with Crippen LogP contribution in [0.5, 0.6) is 0 Å². The third-order valence-electron chi connectivity index (χ3n) is 2.08. The van der Waals surface area contributed by atoms with Gasteiger partial charge in [-0.05, 0) is 12.1 Å². The van der Waals surface area contributed by atoms with Crippen molar-refractivity contribution >= 4 is 50.7 Å². The largest absolute Gasteiger partial charge is 0.398 e. The fourth-order valence-corrected chi connectivity index (χ4v) is 4.07. The second-order valence-corrected chi connectivity index (χ2v) is 7.26. The molecule has 0 unspecified atom stereocenters. The molecular weight excluding hydrogens is 327 g/mol. The summed E-state index contributed by atoms with van der Waals surface area (Å²) in [5.74, 6) is 1.40. The summed E-state index contributed by atoms with van der Waals surface area (Å²) < 4.78 is 26.6. The molecule has 0 aromatic heterocycles. The Morgan fingerprint density at radius 2 is 2.11 bits per heavy atom. The van der Waals surface area contributed by atoms with Crippen LogP contribution in [-0.2, 0) is 10.0 Å². The van der Waals surface area contributed by atoms with Gasteiger partial charge in [-0.3, -0.25) is 0 Å². The van der Waals surface area contributed by atoms with Crippen molar-refractivity contribution in [2.45, 2.75) is 4.90 Å². The number of nitrogens with one attached hydrogen (secondary N) is 1. The summed E-state index contributed by atoms with van der Waals surface area (Å²) >= 11 is 13.2. The minimum atomic E-state index is -3.73. The fourth-order valence-electron chi connectivity index (χ4n) is 1.35. The second kappa shape index (κ2) is 7.40. The molecule has 3 N–H and O–H groups in total. The second-order valence-electron chi connectivity index (χ2n) is 3.57. The van der Waals surface area contributed by atoms with Crippen LogP contribution in [0.3, 0.4) is 0 Å². The van der Waals surface area contributed by atoms with Gasteiger partial charge in [0.15, 0.2) is 0 Å². The van der Waals surface area contributed by atoms with Gasteiger partial charge in [0.2, 0.25) is 10.0 Å². The van der Waals surface area contributed by atoms with E-state index in [0.29, 0.717) is 17.3 Å². The van der Waals surface area contributed by atoms with Gasteiger partial charge in [-0.25, -0.2) is 13.1 Å². The first kappa shape index (κ1) is 16.7. The quantitative estimate of drug-likeness (QED) is 0.454. The lowest BCUT2D eigenvalue weighted by Crippen LogP contribution is -2.27. The molecule has 0 spiro atoms. The van der Waals surface area contributed by atoms with E-state index in [2.05, 4.69) is 11.3 Å². The van der Waals surface area contributed by atoms with Crippen LogP contribution in [0.2, 0.25) is 10.0 Å². The van der Waals surface area contributed by atoms with Crippen LogP contribution in [0.15, 0.2) is 29.7 Å². The van der Waals surface area contributed by atoms with Gasteiger partial charge in [-0.15, -0.1) is 6.58 Å². The molecule has 0 saturated carbocycles. The SMILES string of the molecule is C=CCSCCNS(=O)(=O)c1c(N)cc(Cl)cc1Cl. The zero-order valence-corrected chi connectivity index (χ0v) is 13.2. The molecular formula is C11H14Cl2N2O2S2. The van der Waals surface area contributed by atoms with Crippen LogP contribution >= 0.6 is 35.0 Å². The molecule has 0 fully saturated rings. The smallest absolute Gasteiger partial charge is 0.244 e. The summed E-state index contributed by atoms with van der Waals surface area (Å²) in [7, 11) is -3.73. The highest BCUT2D eigenvalue weighted by molar-refractivity contribution is 7.99. The van der Waals surface area contributed by atoms with Crippen molar-refractivity contribution in [1.82, 2.24) is 4.72 Å². The molecule has 0 radical (unpaired) electrons. The molecule has 19 heavy (non-hydrogen) atoms. The number of rotatable bonds is 7. The van der Waals surface area contributed by atoms with Crippen LogP contribution in [0.4, 0.5) is 5.69 Å². The number of nitrogen functional groups attached to an aromatic ring is 1. The normalized spacial score (nSPS) is 11.5. The van der Waals surface area contributed by atoms with Gasteiger partial charge in [0, 0.05) is 23.1 Å². The highest BCUT2D eigenvalue weighted by atomic mass is 35.5. The summed E-state index contributed by atoms with van der Waals surface area (Å²) in [5, 5.41) is 0.305. The van der Waals surface area contributed by atoms with Crippen molar-refractivity contribution < 1.29 is 8.42 Å². The van der Waals surface area contributed by atoms with Crippen molar-refractivity contribution in [3.8, 4) is 0 Å². The van der Waals surface area contributed by atoms with Crippen LogP contribution in [0.1, 0.15) is 0 Å². The van der Waals surface area contributed by atoms with Gasteiger partial charge in [-0.1, -0.05) is 29.3 Å². The Labute approximate surface area is 127 Å². The molecule has 1 aromatic carbocycles. The summed E-state index contributed by atoms with van der Waals surface area (Å²) in [6.45, 7) is 3.87. The molecule has 0 saturated heterocycles. The van der Waals surface area contributed by atoms with Crippen molar-refractivity contribution in [3.05, 3.63) is 34.8 Å². The molecule has 0 aliphatic rings. The summed E-state index contributed by atoms with van der Waals surface area (Å²) in [6, 6.07) is 2.70. The lowest BCUT2D eigenvalue weighted by Gasteiger charge is -2.11. The average molecular weight is 341 g/mol. The Morgan fingerprint density at radius 3 is 2.68 bits per heavy atom. The Bertz CT molecular complexity index is 539. The van der Waals surface area contributed by atoms with E-state index in [1.165, 1.54) is 12.1 Å². The van der Waals surface area contributed by atoms with Crippen molar-refractivity contribution in [1.29, 1.82) is 0 Å². The Hall–Kier alpha value is -0.400. The summed E-state index contributed by atoms with van der Waals surface area (Å²) in [5.41, 5.74) is 5.68. The number of hydrogen-bond donors (Lipinski definition) is 2. The van der Waals surface area contributed by atoms with E-state index < -0.39 is 10.0 Å². The van der Waals surface area contributed by atoms with Crippen molar-refractivity contribution in [3.63, 3.8) is 0 Å². The average Bonchev–Trinajstić information content (AvgIpc) is 2.26. The molecule has 0 aliphatic heterocycles. The minimum Gasteiger partial charge on any atom is -0.398 e. The third kappa shape index (κ3) is 4.89. The van der Waals surface area contributed by atoms with Crippen molar-refractivity contribution in [2.75, 3.05) is 23.8 Å². The van der Waals surface area contributed by atoms with E-state index in [-0.39, 0.29) is 15.6 Å². The first-order valence-electron chi connectivity index (χ1n) is 5.31. The van der Waals surface area contributed by atoms with E-state index in [1.54, 1.807) is 17.8 Å². The van der Waals surface area contributed by atoms with Crippen LogP contribution in [0, 0.1) is 0 Å². The maximum atomic E-state index is 12.1. The van der Waals surface area contributed by atoms with E-state index in [4.69, 9.17) is 28.9 Å². The van der Waals surface area contributed by atoms with Gasteiger partial charge in [0.1, 0.15) is 4.90 Å².